The Kier molecular flexibility index (Phi) is 6.11. The quantitative estimate of drug-likeness (QED) is 0.709. The zero-order valence-electron chi connectivity index (χ0n) is 16.0. The van der Waals surface area contributed by atoms with Gasteiger partial charge in [-0.3, -0.25) is 4.90 Å². The Hall–Kier alpha value is -1.43. The predicted octanol–water partition coefficient (Wildman–Crippen LogP) is 4.27. The van der Waals surface area contributed by atoms with Gasteiger partial charge in [0, 0.05) is 17.5 Å². The standard InChI is InChI=1S/C22H29N3S2/c1-2-25-12-4-8-19(25)15-23-22(26)24-21(20-9-5-13-27-20)18-11-10-16-6-3-7-17(16)14-18/h5,9-11,13-14,19,21H,2-4,6-8,12,15H2,1H3,(H2,23,24,26). The van der Waals surface area contributed by atoms with Crippen LogP contribution in [0.5, 0.6) is 0 Å². The number of likely N-dealkylation sites (N-methyl/N-ethyl adjacent to an activating group) is 1. The Morgan fingerprint density at radius 3 is 2.96 bits per heavy atom. The molecule has 2 aliphatic rings. The van der Waals surface area contributed by atoms with E-state index in [0.717, 1.165) is 18.2 Å². The van der Waals surface area contributed by atoms with Gasteiger partial charge in [-0.2, -0.15) is 0 Å². The van der Waals surface area contributed by atoms with E-state index in [-0.39, 0.29) is 6.04 Å². The van der Waals surface area contributed by atoms with E-state index in [4.69, 9.17) is 12.2 Å². The molecule has 1 aliphatic heterocycles. The van der Waals surface area contributed by atoms with Crippen molar-refractivity contribution >= 4 is 28.7 Å². The fraction of sp³-hybridized carbons (Fsp3) is 0.500. The van der Waals surface area contributed by atoms with Crippen LogP contribution in [0.4, 0.5) is 0 Å². The summed E-state index contributed by atoms with van der Waals surface area (Å²) in [6.07, 6.45) is 6.28. The van der Waals surface area contributed by atoms with E-state index in [1.165, 1.54) is 60.2 Å². The molecular weight excluding hydrogens is 370 g/mol. The molecule has 2 aromatic rings. The molecular formula is C22H29N3S2. The van der Waals surface area contributed by atoms with Gasteiger partial charge >= 0.3 is 0 Å². The van der Waals surface area contributed by atoms with E-state index in [2.05, 4.69) is 58.2 Å². The van der Waals surface area contributed by atoms with Gasteiger partial charge in [0.15, 0.2) is 5.11 Å². The number of thiophene rings is 1. The lowest BCUT2D eigenvalue weighted by molar-refractivity contribution is 0.267. The molecule has 27 heavy (non-hydrogen) atoms. The first kappa shape index (κ1) is 18.9. The molecule has 1 aromatic heterocycles. The first-order valence-corrected chi connectivity index (χ1v) is 11.5. The molecule has 1 saturated heterocycles. The number of nitrogens with one attached hydrogen (secondary N) is 2. The molecule has 1 fully saturated rings. The van der Waals surface area contributed by atoms with Gasteiger partial charge in [0.2, 0.25) is 0 Å². The van der Waals surface area contributed by atoms with Gasteiger partial charge in [0.25, 0.3) is 0 Å². The van der Waals surface area contributed by atoms with Gasteiger partial charge in [0.1, 0.15) is 0 Å². The van der Waals surface area contributed by atoms with E-state index in [0.29, 0.717) is 6.04 Å². The zero-order chi connectivity index (χ0) is 18.6. The fourth-order valence-electron chi connectivity index (χ4n) is 4.48. The second kappa shape index (κ2) is 8.72. The summed E-state index contributed by atoms with van der Waals surface area (Å²) in [7, 11) is 0. The summed E-state index contributed by atoms with van der Waals surface area (Å²) < 4.78 is 0. The minimum Gasteiger partial charge on any atom is -0.361 e. The molecule has 2 heterocycles. The Labute approximate surface area is 172 Å². The lowest BCUT2D eigenvalue weighted by Crippen LogP contribution is -2.44. The molecule has 3 nitrogen and oxygen atoms in total. The summed E-state index contributed by atoms with van der Waals surface area (Å²) in [6.45, 7) is 5.52. The van der Waals surface area contributed by atoms with Crippen LogP contribution in [0.2, 0.25) is 0 Å². The summed E-state index contributed by atoms with van der Waals surface area (Å²) in [4.78, 5) is 3.86. The number of benzene rings is 1. The maximum Gasteiger partial charge on any atom is 0.167 e. The summed E-state index contributed by atoms with van der Waals surface area (Å²) >= 11 is 7.47. The number of rotatable bonds is 6. The van der Waals surface area contributed by atoms with Crippen LogP contribution in [0.3, 0.4) is 0 Å². The molecule has 4 rings (SSSR count). The highest BCUT2D eigenvalue weighted by Crippen LogP contribution is 2.30. The Morgan fingerprint density at radius 2 is 2.15 bits per heavy atom. The first-order chi connectivity index (χ1) is 13.2. The van der Waals surface area contributed by atoms with Crippen LogP contribution in [0, 0.1) is 0 Å². The minimum absolute atomic E-state index is 0.127. The SMILES string of the molecule is CCN1CCCC1CNC(=S)NC(c1ccc2c(c1)CCC2)c1cccs1. The molecule has 2 N–H and O–H groups in total. The predicted molar refractivity (Wildman–Crippen MR) is 119 cm³/mol. The van der Waals surface area contributed by atoms with Crippen LogP contribution in [0.25, 0.3) is 0 Å². The molecule has 2 unspecified atom stereocenters. The largest absolute Gasteiger partial charge is 0.361 e. The van der Waals surface area contributed by atoms with Crippen molar-refractivity contribution in [3.8, 4) is 0 Å². The van der Waals surface area contributed by atoms with Gasteiger partial charge < -0.3 is 10.6 Å². The number of aryl methyl sites for hydroxylation is 2. The third kappa shape index (κ3) is 4.36. The summed E-state index contributed by atoms with van der Waals surface area (Å²) in [6, 6.07) is 12.0. The van der Waals surface area contributed by atoms with Crippen LogP contribution < -0.4 is 10.6 Å². The highest BCUT2D eigenvalue weighted by atomic mass is 32.1. The highest BCUT2D eigenvalue weighted by Gasteiger charge is 2.24. The van der Waals surface area contributed by atoms with E-state index < -0.39 is 0 Å². The van der Waals surface area contributed by atoms with Crippen molar-refractivity contribution in [3.05, 3.63) is 57.3 Å². The molecule has 144 valence electrons. The van der Waals surface area contributed by atoms with Crippen molar-refractivity contribution in [2.24, 2.45) is 0 Å². The number of hydrogen-bond acceptors (Lipinski definition) is 3. The monoisotopic (exact) mass is 399 g/mol. The molecule has 0 spiro atoms. The van der Waals surface area contributed by atoms with Crippen LogP contribution in [0.1, 0.15) is 53.8 Å². The maximum absolute atomic E-state index is 5.68. The highest BCUT2D eigenvalue weighted by molar-refractivity contribution is 7.80. The maximum atomic E-state index is 5.68. The van der Waals surface area contributed by atoms with Crippen molar-refractivity contribution in [1.29, 1.82) is 0 Å². The molecule has 1 aromatic carbocycles. The molecule has 2 atom stereocenters. The van der Waals surface area contributed by atoms with Gasteiger partial charge in [-0.05, 0) is 85.5 Å². The number of hydrogen-bond donors (Lipinski definition) is 2. The van der Waals surface area contributed by atoms with Crippen LogP contribution in [0.15, 0.2) is 35.7 Å². The topological polar surface area (TPSA) is 27.3 Å². The zero-order valence-corrected chi connectivity index (χ0v) is 17.7. The molecule has 1 aliphatic carbocycles. The molecule has 0 amide bonds. The molecule has 0 bridgehead atoms. The summed E-state index contributed by atoms with van der Waals surface area (Å²) in [5.74, 6) is 0. The van der Waals surface area contributed by atoms with E-state index in [1.54, 1.807) is 11.3 Å². The Balaban J connectivity index is 1.45. The van der Waals surface area contributed by atoms with Crippen molar-refractivity contribution in [2.75, 3.05) is 19.6 Å². The van der Waals surface area contributed by atoms with Gasteiger partial charge in [-0.15, -0.1) is 11.3 Å². The van der Waals surface area contributed by atoms with Crippen LogP contribution in [-0.2, 0) is 12.8 Å². The van der Waals surface area contributed by atoms with Crippen molar-refractivity contribution in [3.63, 3.8) is 0 Å². The van der Waals surface area contributed by atoms with Gasteiger partial charge in [-0.1, -0.05) is 31.2 Å². The van der Waals surface area contributed by atoms with Crippen LogP contribution in [-0.4, -0.2) is 35.7 Å². The molecule has 5 heteroatoms. The second-order valence-electron chi connectivity index (χ2n) is 7.61. The Bertz CT molecular complexity index is 772. The third-order valence-corrected chi connectivity index (χ3v) is 7.16. The van der Waals surface area contributed by atoms with Crippen molar-refractivity contribution in [2.45, 2.75) is 51.1 Å². The Morgan fingerprint density at radius 1 is 1.26 bits per heavy atom. The number of nitrogens with zero attached hydrogens (tertiary/aromatic N) is 1. The fourth-order valence-corrected chi connectivity index (χ4v) is 5.48. The average Bonchev–Trinajstić information content (AvgIpc) is 3.45. The number of thiocarbonyl (C=S) groups is 1. The van der Waals surface area contributed by atoms with Crippen LogP contribution >= 0.6 is 23.6 Å². The van der Waals surface area contributed by atoms with E-state index in [1.807, 2.05) is 0 Å². The third-order valence-electron chi connectivity index (χ3n) is 5.96. The summed E-state index contributed by atoms with van der Waals surface area (Å²) in [5.41, 5.74) is 4.35. The lowest BCUT2D eigenvalue weighted by atomic mass is 10.00. The second-order valence-corrected chi connectivity index (χ2v) is 9.00. The van der Waals surface area contributed by atoms with Gasteiger partial charge in [0.05, 0.1) is 6.04 Å². The first-order valence-electron chi connectivity index (χ1n) is 10.2. The lowest BCUT2D eigenvalue weighted by Gasteiger charge is -2.25. The average molecular weight is 400 g/mol. The minimum atomic E-state index is 0.127. The van der Waals surface area contributed by atoms with Gasteiger partial charge in [-0.25, -0.2) is 0 Å². The number of likely N-dealkylation sites (tertiary alicyclic amines) is 1. The van der Waals surface area contributed by atoms with Crippen molar-refractivity contribution < 1.29 is 0 Å². The van der Waals surface area contributed by atoms with E-state index in [9.17, 15) is 0 Å². The number of fused-ring (bicyclic) bond motifs is 1. The smallest absolute Gasteiger partial charge is 0.167 e. The normalized spacial score (nSPS) is 20.4. The molecule has 0 saturated carbocycles. The summed E-state index contributed by atoms with van der Waals surface area (Å²) in [5, 5.41) is 9.99. The molecule has 0 radical (unpaired) electrons. The van der Waals surface area contributed by atoms with E-state index >= 15 is 0 Å². The van der Waals surface area contributed by atoms with Crippen molar-refractivity contribution in [1.82, 2.24) is 15.5 Å².